The molecule has 0 fully saturated rings. The summed E-state index contributed by atoms with van der Waals surface area (Å²) >= 11 is 1.79. The first kappa shape index (κ1) is 7.65. The molecule has 0 amide bonds. The number of hydrogen-bond acceptors (Lipinski definition) is 2. The molecule has 0 unspecified atom stereocenters. The van der Waals surface area contributed by atoms with Crippen molar-refractivity contribution in [1.82, 2.24) is 4.98 Å². The third kappa shape index (κ3) is 2.43. The van der Waals surface area contributed by atoms with E-state index < -0.39 is 0 Å². The highest BCUT2D eigenvalue weighted by atomic mass is 127. The van der Waals surface area contributed by atoms with Gasteiger partial charge in [-0.05, 0) is 40.3 Å². The normalized spacial score (nSPS) is 9.30. The molecule has 0 spiro atoms. The number of carbonyl (C=O) groups excluding carboxylic acids is 1. The van der Waals surface area contributed by atoms with E-state index in [-0.39, 0.29) is 3.79 Å². The molecule has 0 aliphatic carbocycles. The lowest BCUT2D eigenvalue weighted by molar-refractivity contribution is -0.108. The zero-order valence-corrected chi connectivity index (χ0v) is 7.41. The Morgan fingerprint density at radius 3 is 2.60 bits per heavy atom. The third-order valence-electron chi connectivity index (χ3n) is 1.09. The Balaban J connectivity index is 2.67. The lowest BCUT2D eigenvalue weighted by Gasteiger charge is -1.92. The minimum atomic E-state index is 0.156. The molecule has 0 radical (unpaired) electrons. The largest absolute Gasteiger partial charge is 0.287 e. The summed E-state index contributed by atoms with van der Waals surface area (Å²) in [4.78, 5) is 14.4. The van der Waals surface area contributed by atoms with Gasteiger partial charge in [-0.2, -0.15) is 0 Å². The summed E-state index contributed by atoms with van der Waals surface area (Å²) < 4.78 is 0.156. The molecule has 1 rings (SSSR count). The first-order chi connectivity index (χ1) is 4.79. The van der Waals surface area contributed by atoms with Crippen molar-refractivity contribution in [2.45, 2.75) is 6.42 Å². The van der Waals surface area contributed by atoms with Crippen molar-refractivity contribution in [3.05, 3.63) is 30.1 Å². The van der Waals surface area contributed by atoms with Gasteiger partial charge in [-0.25, -0.2) is 0 Å². The van der Waals surface area contributed by atoms with Crippen LogP contribution in [0.5, 0.6) is 0 Å². The van der Waals surface area contributed by atoms with Gasteiger partial charge in [-0.1, -0.05) is 0 Å². The van der Waals surface area contributed by atoms with Gasteiger partial charge >= 0.3 is 0 Å². The summed E-state index contributed by atoms with van der Waals surface area (Å²) in [5.74, 6) is 0. The molecule has 0 aliphatic rings. The van der Waals surface area contributed by atoms with Crippen molar-refractivity contribution in [3.63, 3.8) is 0 Å². The number of pyridine rings is 1. The standard InChI is InChI=1S/C7H6INO/c8-7(10)5-6-1-3-9-4-2-6/h1-4H,5H2. The monoisotopic (exact) mass is 247 g/mol. The molecule has 52 valence electrons. The van der Waals surface area contributed by atoms with Crippen LogP contribution < -0.4 is 0 Å². The fourth-order valence-corrected chi connectivity index (χ4v) is 1.10. The molecule has 1 aromatic rings. The molecule has 2 nitrogen and oxygen atoms in total. The van der Waals surface area contributed by atoms with E-state index in [2.05, 4.69) is 4.98 Å². The third-order valence-corrected chi connectivity index (χ3v) is 1.47. The Labute approximate surface area is 72.8 Å². The van der Waals surface area contributed by atoms with Crippen LogP contribution >= 0.6 is 22.6 Å². The van der Waals surface area contributed by atoms with E-state index in [1.807, 2.05) is 12.1 Å². The number of carbonyl (C=O) groups is 1. The smallest absolute Gasteiger partial charge is 0.196 e. The molecule has 0 aromatic carbocycles. The molecule has 0 saturated carbocycles. The van der Waals surface area contributed by atoms with Crippen molar-refractivity contribution in [3.8, 4) is 0 Å². The van der Waals surface area contributed by atoms with Crippen LogP contribution in [0.4, 0.5) is 0 Å². The van der Waals surface area contributed by atoms with Gasteiger partial charge in [0.2, 0.25) is 0 Å². The Morgan fingerprint density at radius 2 is 2.10 bits per heavy atom. The second kappa shape index (κ2) is 3.65. The quantitative estimate of drug-likeness (QED) is 0.586. The van der Waals surface area contributed by atoms with Crippen LogP contribution in [-0.4, -0.2) is 8.77 Å². The van der Waals surface area contributed by atoms with Crippen LogP contribution in [0, 0.1) is 0 Å². The zero-order chi connectivity index (χ0) is 7.40. The summed E-state index contributed by atoms with van der Waals surface area (Å²) in [6.07, 6.45) is 3.88. The Morgan fingerprint density at radius 1 is 1.50 bits per heavy atom. The second-order valence-corrected chi connectivity index (χ2v) is 3.09. The highest BCUT2D eigenvalue weighted by Gasteiger charge is 1.95. The van der Waals surface area contributed by atoms with Gasteiger partial charge in [-0.15, -0.1) is 0 Å². The zero-order valence-electron chi connectivity index (χ0n) is 5.25. The highest BCUT2D eigenvalue weighted by Crippen LogP contribution is 2.00. The van der Waals surface area contributed by atoms with Gasteiger partial charge in [0, 0.05) is 18.8 Å². The molecular formula is C7H6INO. The van der Waals surface area contributed by atoms with Gasteiger partial charge in [0.25, 0.3) is 0 Å². The predicted molar refractivity (Wildman–Crippen MR) is 47.0 cm³/mol. The number of nitrogens with zero attached hydrogens (tertiary/aromatic N) is 1. The second-order valence-electron chi connectivity index (χ2n) is 1.89. The number of halogens is 1. The fraction of sp³-hybridized carbons (Fsp3) is 0.143. The summed E-state index contributed by atoms with van der Waals surface area (Å²) in [6, 6.07) is 3.69. The molecule has 3 heteroatoms. The minimum Gasteiger partial charge on any atom is -0.287 e. The van der Waals surface area contributed by atoms with Crippen LogP contribution in [-0.2, 0) is 11.2 Å². The van der Waals surface area contributed by atoms with E-state index in [0.717, 1.165) is 5.56 Å². The maximum Gasteiger partial charge on any atom is 0.196 e. The molecule has 0 aliphatic heterocycles. The molecule has 0 saturated heterocycles. The molecule has 0 N–H and O–H groups in total. The Bertz CT molecular complexity index is 222. The van der Waals surface area contributed by atoms with Gasteiger partial charge in [0.1, 0.15) is 0 Å². The first-order valence-corrected chi connectivity index (χ1v) is 3.94. The number of hydrogen-bond donors (Lipinski definition) is 0. The Kier molecular flexibility index (Phi) is 2.80. The van der Waals surface area contributed by atoms with Crippen molar-refractivity contribution >= 4 is 26.4 Å². The number of aromatic nitrogens is 1. The van der Waals surface area contributed by atoms with E-state index in [9.17, 15) is 4.79 Å². The average Bonchev–Trinajstić information content (AvgIpc) is 1.88. The minimum absolute atomic E-state index is 0.156. The fourth-order valence-electron chi connectivity index (χ4n) is 0.661. The summed E-state index contributed by atoms with van der Waals surface area (Å²) in [5.41, 5.74) is 1.02. The van der Waals surface area contributed by atoms with Crippen molar-refractivity contribution in [1.29, 1.82) is 0 Å². The van der Waals surface area contributed by atoms with Gasteiger partial charge < -0.3 is 0 Å². The maximum atomic E-state index is 10.6. The molecule has 1 aromatic heterocycles. The lowest BCUT2D eigenvalue weighted by atomic mass is 10.2. The maximum absolute atomic E-state index is 10.6. The van der Waals surface area contributed by atoms with Crippen molar-refractivity contribution in [2.75, 3.05) is 0 Å². The van der Waals surface area contributed by atoms with Gasteiger partial charge in [0.15, 0.2) is 3.79 Å². The molecule has 1 heterocycles. The number of rotatable bonds is 2. The van der Waals surface area contributed by atoms with E-state index in [1.54, 1.807) is 35.0 Å². The molecule has 0 atom stereocenters. The van der Waals surface area contributed by atoms with Crippen LogP contribution in [0.2, 0.25) is 0 Å². The van der Waals surface area contributed by atoms with Crippen LogP contribution in [0.3, 0.4) is 0 Å². The summed E-state index contributed by atoms with van der Waals surface area (Å²) in [5, 5.41) is 0. The van der Waals surface area contributed by atoms with Gasteiger partial charge in [-0.3, -0.25) is 9.78 Å². The molecule has 10 heavy (non-hydrogen) atoms. The van der Waals surface area contributed by atoms with Crippen LogP contribution in [0.1, 0.15) is 5.56 Å². The highest BCUT2D eigenvalue weighted by molar-refractivity contribution is 14.1. The molecule has 0 bridgehead atoms. The van der Waals surface area contributed by atoms with E-state index in [0.29, 0.717) is 6.42 Å². The van der Waals surface area contributed by atoms with Crippen molar-refractivity contribution in [2.24, 2.45) is 0 Å². The van der Waals surface area contributed by atoms with E-state index >= 15 is 0 Å². The van der Waals surface area contributed by atoms with Crippen molar-refractivity contribution < 1.29 is 4.79 Å². The molecular weight excluding hydrogens is 241 g/mol. The summed E-state index contributed by atoms with van der Waals surface area (Å²) in [6.45, 7) is 0. The van der Waals surface area contributed by atoms with Gasteiger partial charge in [0.05, 0.1) is 0 Å². The first-order valence-electron chi connectivity index (χ1n) is 2.86. The summed E-state index contributed by atoms with van der Waals surface area (Å²) in [7, 11) is 0. The van der Waals surface area contributed by atoms with Crippen LogP contribution in [0.25, 0.3) is 0 Å². The SMILES string of the molecule is O=C(I)Cc1ccncc1. The van der Waals surface area contributed by atoms with Crippen LogP contribution in [0.15, 0.2) is 24.5 Å². The Hall–Kier alpha value is -0.450. The predicted octanol–water partition coefficient (Wildman–Crippen LogP) is 1.59. The van der Waals surface area contributed by atoms with E-state index in [1.165, 1.54) is 0 Å². The topological polar surface area (TPSA) is 30.0 Å². The lowest BCUT2D eigenvalue weighted by Crippen LogP contribution is -1.91. The van der Waals surface area contributed by atoms with E-state index in [4.69, 9.17) is 0 Å². The average molecular weight is 247 g/mol.